The van der Waals surface area contributed by atoms with Gasteiger partial charge in [0.05, 0.1) is 39.9 Å². The summed E-state index contributed by atoms with van der Waals surface area (Å²) in [4.78, 5) is 29.4. The lowest BCUT2D eigenvalue weighted by Crippen LogP contribution is -2.27. The molecule has 4 aromatic rings. The minimum Gasteiger partial charge on any atom is -0.344 e. The van der Waals surface area contributed by atoms with Crippen molar-refractivity contribution in [1.29, 1.82) is 0 Å². The number of amides is 1. The zero-order valence-electron chi connectivity index (χ0n) is 18.4. The summed E-state index contributed by atoms with van der Waals surface area (Å²) < 4.78 is 1.74. The molecule has 5 rings (SSSR count). The van der Waals surface area contributed by atoms with Crippen molar-refractivity contribution in [3.63, 3.8) is 0 Å². The maximum atomic E-state index is 13.1. The monoisotopic (exact) mass is 464 g/mol. The van der Waals surface area contributed by atoms with Crippen molar-refractivity contribution < 1.29 is 4.79 Å². The fraction of sp³-hybridized carbons (Fsp3) is 0.348. The van der Waals surface area contributed by atoms with Gasteiger partial charge in [-0.2, -0.15) is 5.10 Å². The molecule has 0 saturated heterocycles. The van der Waals surface area contributed by atoms with E-state index in [9.17, 15) is 4.79 Å². The highest BCUT2D eigenvalue weighted by Crippen LogP contribution is 2.42. The number of aromatic nitrogens is 5. The van der Waals surface area contributed by atoms with E-state index in [1.165, 1.54) is 9.75 Å². The average molecular weight is 465 g/mol. The largest absolute Gasteiger partial charge is 0.344 e. The maximum Gasteiger partial charge on any atom is 0.255 e. The van der Waals surface area contributed by atoms with Crippen LogP contribution in [0.2, 0.25) is 0 Å². The lowest BCUT2D eigenvalue weighted by atomic mass is 10.1. The van der Waals surface area contributed by atoms with E-state index in [1.54, 1.807) is 39.7 Å². The Balaban J connectivity index is 1.47. The van der Waals surface area contributed by atoms with Crippen LogP contribution in [0.1, 0.15) is 68.2 Å². The van der Waals surface area contributed by atoms with E-state index >= 15 is 0 Å². The van der Waals surface area contributed by atoms with Crippen molar-refractivity contribution in [1.82, 2.24) is 30.0 Å². The number of thiophene rings is 1. The zero-order chi connectivity index (χ0) is 22.4. The second-order valence-electron chi connectivity index (χ2n) is 8.18. The van der Waals surface area contributed by atoms with Gasteiger partial charge < -0.3 is 5.32 Å². The lowest BCUT2D eigenvalue weighted by molar-refractivity contribution is 0.0938. The Labute approximate surface area is 194 Å². The van der Waals surface area contributed by atoms with Crippen molar-refractivity contribution in [3.8, 4) is 17.2 Å². The molecule has 0 aliphatic heterocycles. The second-order valence-corrected chi connectivity index (χ2v) is 10.7. The second kappa shape index (κ2) is 8.22. The Kier molecular flexibility index (Phi) is 5.38. The van der Waals surface area contributed by atoms with Gasteiger partial charge in [0.2, 0.25) is 0 Å². The summed E-state index contributed by atoms with van der Waals surface area (Å²) in [6, 6.07) is 3.90. The molecule has 1 aliphatic rings. The van der Waals surface area contributed by atoms with Crippen LogP contribution in [-0.2, 0) is 0 Å². The highest BCUT2D eigenvalue weighted by atomic mass is 32.1. The molecule has 4 heterocycles. The fourth-order valence-electron chi connectivity index (χ4n) is 3.85. The Hall–Kier alpha value is -2.91. The van der Waals surface area contributed by atoms with Gasteiger partial charge in [-0.3, -0.25) is 4.79 Å². The maximum absolute atomic E-state index is 13.1. The number of aryl methyl sites for hydroxylation is 3. The molecular weight excluding hydrogens is 440 g/mol. The molecule has 164 valence electrons. The summed E-state index contributed by atoms with van der Waals surface area (Å²) in [6.45, 7) is 8.11. The minimum atomic E-state index is -0.174. The molecule has 1 atom stereocenters. The number of carbonyl (C=O) groups excluding carboxylic acids is 1. The highest BCUT2D eigenvalue weighted by Gasteiger charge is 2.34. The van der Waals surface area contributed by atoms with Crippen molar-refractivity contribution in [2.45, 2.75) is 52.5 Å². The summed E-state index contributed by atoms with van der Waals surface area (Å²) in [5.41, 5.74) is 4.33. The van der Waals surface area contributed by atoms with Gasteiger partial charge in [0.25, 0.3) is 11.9 Å². The molecule has 1 N–H and O–H groups in total. The van der Waals surface area contributed by atoms with Gasteiger partial charge >= 0.3 is 0 Å². The molecular formula is C23H24N6OS2. The van der Waals surface area contributed by atoms with Crippen LogP contribution in [0.5, 0.6) is 0 Å². The van der Waals surface area contributed by atoms with E-state index in [-0.39, 0.29) is 11.9 Å². The van der Waals surface area contributed by atoms with Crippen molar-refractivity contribution in [2.75, 3.05) is 0 Å². The van der Waals surface area contributed by atoms with E-state index in [4.69, 9.17) is 4.98 Å². The van der Waals surface area contributed by atoms with Crippen LogP contribution in [-0.4, -0.2) is 30.6 Å². The molecule has 0 spiro atoms. The van der Waals surface area contributed by atoms with E-state index in [2.05, 4.69) is 40.3 Å². The van der Waals surface area contributed by atoms with E-state index < -0.39 is 0 Å². The average Bonchev–Trinajstić information content (AvgIpc) is 3.18. The normalized spacial score (nSPS) is 14.5. The Bertz CT molecular complexity index is 1300. The zero-order valence-corrected chi connectivity index (χ0v) is 20.0. The van der Waals surface area contributed by atoms with Gasteiger partial charge in [0, 0.05) is 32.8 Å². The molecule has 1 fully saturated rings. The quantitative estimate of drug-likeness (QED) is 0.427. The Morgan fingerprint density at radius 3 is 2.72 bits per heavy atom. The third-order valence-electron chi connectivity index (χ3n) is 5.59. The number of carbonyl (C=O) groups is 1. The first-order chi connectivity index (χ1) is 15.4. The molecule has 1 amide bonds. The van der Waals surface area contributed by atoms with Gasteiger partial charge in [-0.15, -0.1) is 22.7 Å². The third kappa shape index (κ3) is 3.98. The third-order valence-corrected chi connectivity index (χ3v) is 7.35. The smallest absolute Gasteiger partial charge is 0.255 e. The summed E-state index contributed by atoms with van der Waals surface area (Å²) in [5.74, 6) is 0.652. The SMILES string of the molecule is Cc1cc(-c2ccnc(-n3ncc(C(=O)N[C@@H](C)c4csc(C)n4)c3C3CC3)n2)c(C)s1. The van der Waals surface area contributed by atoms with Crippen LogP contribution in [0.15, 0.2) is 29.9 Å². The summed E-state index contributed by atoms with van der Waals surface area (Å²) in [5, 5.41) is 10.6. The predicted octanol–water partition coefficient (Wildman–Crippen LogP) is 5.14. The number of hydrogen-bond acceptors (Lipinski definition) is 7. The van der Waals surface area contributed by atoms with Gasteiger partial charge in [-0.1, -0.05) is 0 Å². The van der Waals surface area contributed by atoms with E-state index in [0.717, 1.165) is 40.5 Å². The van der Waals surface area contributed by atoms with Crippen LogP contribution in [0.25, 0.3) is 17.2 Å². The number of rotatable bonds is 6. The first-order valence-corrected chi connectivity index (χ1v) is 12.3. The minimum absolute atomic E-state index is 0.142. The van der Waals surface area contributed by atoms with Crippen molar-refractivity contribution in [3.05, 3.63) is 61.6 Å². The van der Waals surface area contributed by atoms with Crippen molar-refractivity contribution >= 4 is 28.6 Å². The molecule has 1 aliphatic carbocycles. The Morgan fingerprint density at radius 2 is 2.06 bits per heavy atom. The van der Waals surface area contributed by atoms with E-state index in [1.807, 2.05) is 25.3 Å². The summed E-state index contributed by atoms with van der Waals surface area (Å²) >= 11 is 3.34. The van der Waals surface area contributed by atoms with Crippen LogP contribution < -0.4 is 5.32 Å². The fourth-order valence-corrected chi connectivity index (χ4v) is 5.49. The lowest BCUT2D eigenvalue weighted by Gasteiger charge is -2.12. The van der Waals surface area contributed by atoms with E-state index in [0.29, 0.717) is 17.4 Å². The number of hydrogen-bond donors (Lipinski definition) is 1. The summed E-state index contributed by atoms with van der Waals surface area (Å²) in [7, 11) is 0. The molecule has 32 heavy (non-hydrogen) atoms. The molecule has 0 radical (unpaired) electrons. The predicted molar refractivity (Wildman–Crippen MR) is 127 cm³/mol. The van der Waals surface area contributed by atoms with Crippen molar-refractivity contribution in [2.24, 2.45) is 0 Å². The van der Waals surface area contributed by atoms with Gasteiger partial charge in [-0.05, 0) is 52.7 Å². The Morgan fingerprint density at radius 1 is 1.25 bits per heavy atom. The van der Waals surface area contributed by atoms with Gasteiger partial charge in [-0.25, -0.2) is 19.6 Å². The first-order valence-electron chi connectivity index (χ1n) is 10.6. The number of nitrogens with one attached hydrogen (secondary N) is 1. The summed E-state index contributed by atoms with van der Waals surface area (Å²) in [6.07, 6.45) is 5.47. The van der Waals surface area contributed by atoms with Crippen LogP contribution in [0, 0.1) is 20.8 Å². The molecule has 0 bridgehead atoms. The van der Waals surface area contributed by atoms with Crippen LogP contribution in [0.4, 0.5) is 0 Å². The topological polar surface area (TPSA) is 85.6 Å². The first kappa shape index (κ1) is 21.0. The molecule has 0 aromatic carbocycles. The standard InChI is InChI=1S/C23H24N6OS2/c1-12-9-17(14(3)32-12)19-7-8-24-23(28-19)29-21(16-5-6-16)18(10-25-29)22(30)26-13(2)20-11-31-15(4)27-20/h7-11,13,16H,5-6H2,1-4H3,(H,26,30)/t13-/m0/s1. The number of nitrogens with zero attached hydrogens (tertiary/aromatic N) is 5. The molecule has 9 heteroatoms. The highest BCUT2D eigenvalue weighted by molar-refractivity contribution is 7.12. The molecule has 7 nitrogen and oxygen atoms in total. The van der Waals surface area contributed by atoms with Gasteiger partial charge in [0.15, 0.2) is 0 Å². The molecule has 1 saturated carbocycles. The molecule has 0 unspecified atom stereocenters. The van der Waals surface area contributed by atoms with Crippen LogP contribution >= 0.6 is 22.7 Å². The van der Waals surface area contributed by atoms with Gasteiger partial charge in [0.1, 0.15) is 0 Å². The number of thiazole rings is 1. The molecule has 4 aromatic heterocycles. The van der Waals surface area contributed by atoms with Crippen LogP contribution in [0.3, 0.4) is 0 Å².